The van der Waals surface area contributed by atoms with Gasteiger partial charge in [-0.25, -0.2) is 9.59 Å². The van der Waals surface area contributed by atoms with Crippen LogP contribution in [0.2, 0.25) is 0 Å². The Kier molecular flexibility index (Phi) is 7.14. The summed E-state index contributed by atoms with van der Waals surface area (Å²) in [6.07, 6.45) is 4.93. The van der Waals surface area contributed by atoms with Crippen LogP contribution in [0.1, 0.15) is 46.5 Å². The Balaban J connectivity index is 1.40. The maximum absolute atomic E-state index is 12.1. The van der Waals surface area contributed by atoms with Gasteiger partial charge in [0.25, 0.3) is 0 Å². The van der Waals surface area contributed by atoms with E-state index < -0.39 is 11.6 Å². The molecular weight excluding hydrogens is 454 g/mol. The van der Waals surface area contributed by atoms with E-state index in [-0.39, 0.29) is 24.4 Å². The number of carbonyl (C=O) groups is 2. The Hall–Kier alpha value is -1.98. The number of hydrogen-bond acceptors (Lipinski definition) is 6. The summed E-state index contributed by atoms with van der Waals surface area (Å²) in [7, 11) is 1.32. The van der Waals surface area contributed by atoms with Crippen molar-refractivity contribution in [2.75, 3.05) is 20.2 Å². The number of hydrogen-bond donors (Lipinski definition) is 0. The summed E-state index contributed by atoms with van der Waals surface area (Å²) >= 11 is 3.40. The molecular formula is C22H28BrNO6. The molecule has 3 aliphatic rings. The molecule has 0 spiro atoms. The highest BCUT2D eigenvalue weighted by Gasteiger charge is 2.36. The van der Waals surface area contributed by atoms with Gasteiger partial charge >= 0.3 is 12.1 Å². The Morgan fingerprint density at radius 3 is 2.33 bits per heavy atom. The summed E-state index contributed by atoms with van der Waals surface area (Å²) in [4.78, 5) is 25.4. The first-order valence-electron chi connectivity index (χ1n) is 10.2. The molecule has 0 aromatic heterocycles. The molecule has 2 fully saturated rings. The van der Waals surface area contributed by atoms with Crippen LogP contribution in [0.4, 0.5) is 4.79 Å². The van der Waals surface area contributed by atoms with E-state index in [1.54, 1.807) is 11.0 Å². The molecule has 8 heteroatoms. The zero-order valence-corrected chi connectivity index (χ0v) is 19.4. The number of piperidine rings is 1. The fourth-order valence-electron chi connectivity index (χ4n) is 3.38. The van der Waals surface area contributed by atoms with Gasteiger partial charge in [0.1, 0.15) is 17.3 Å². The lowest BCUT2D eigenvalue weighted by molar-refractivity contribution is -0.135. The molecule has 3 rings (SSSR count). The zero-order valence-electron chi connectivity index (χ0n) is 17.8. The maximum atomic E-state index is 12.1. The van der Waals surface area contributed by atoms with Crippen LogP contribution in [0.15, 0.2) is 33.4 Å². The van der Waals surface area contributed by atoms with Gasteiger partial charge in [0, 0.05) is 25.9 Å². The summed E-state index contributed by atoms with van der Waals surface area (Å²) in [6.45, 7) is 6.92. The van der Waals surface area contributed by atoms with Gasteiger partial charge in [0.05, 0.1) is 23.8 Å². The van der Waals surface area contributed by atoms with E-state index in [1.807, 2.05) is 20.8 Å². The van der Waals surface area contributed by atoms with E-state index in [9.17, 15) is 9.59 Å². The molecule has 1 saturated heterocycles. The number of nitrogens with zero attached hydrogens (tertiary/aromatic N) is 1. The van der Waals surface area contributed by atoms with Gasteiger partial charge in [0.15, 0.2) is 5.76 Å². The van der Waals surface area contributed by atoms with E-state index >= 15 is 0 Å². The van der Waals surface area contributed by atoms with Crippen LogP contribution in [0.5, 0.6) is 0 Å². The highest BCUT2D eigenvalue weighted by atomic mass is 79.9. The standard InChI is InChI=1S/C22H28BrNO6/c1-22(2,3)30-21(26)24-9-7-15(8-10-24)28-16-12-17(13-16)29-19-6-5-14(11-18(19)23)20(25)27-4/h11,15-17H,7-10,12-13H2,1-4H3. The zero-order chi connectivity index (χ0) is 21.9. The number of carbonyl (C=O) groups excluding carboxylic acids is 2. The van der Waals surface area contributed by atoms with Gasteiger partial charge in [-0.3, -0.25) is 0 Å². The van der Waals surface area contributed by atoms with E-state index in [1.165, 1.54) is 7.11 Å². The van der Waals surface area contributed by atoms with Crippen LogP contribution < -0.4 is 0 Å². The summed E-state index contributed by atoms with van der Waals surface area (Å²) in [5.74, 6) is 0.0603. The molecule has 1 heterocycles. The largest absolute Gasteiger partial charge is 0.481 e. The average Bonchev–Trinajstić information content (AvgIpc) is 2.66. The molecule has 1 amide bonds. The maximum Gasteiger partial charge on any atom is 0.410 e. The Morgan fingerprint density at radius 2 is 1.77 bits per heavy atom. The molecule has 164 valence electrons. The molecule has 0 atom stereocenters. The van der Waals surface area contributed by atoms with E-state index in [2.05, 4.69) is 32.1 Å². The number of allylic oxidation sites excluding steroid dienone is 1. The fourth-order valence-corrected chi connectivity index (χ4v) is 3.80. The van der Waals surface area contributed by atoms with E-state index in [0.717, 1.165) is 25.7 Å². The number of rotatable bonds is 5. The minimum absolute atomic E-state index is 0.0433. The van der Waals surface area contributed by atoms with Crippen LogP contribution >= 0.6 is 15.9 Å². The Bertz CT molecular complexity index is 815. The van der Waals surface area contributed by atoms with E-state index in [0.29, 0.717) is 28.9 Å². The molecule has 30 heavy (non-hydrogen) atoms. The van der Waals surface area contributed by atoms with Crippen molar-refractivity contribution in [3.05, 3.63) is 33.4 Å². The molecule has 0 aromatic carbocycles. The third-order valence-electron chi connectivity index (χ3n) is 5.02. The molecule has 0 bridgehead atoms. The van der Waals surface area contributed by atoms with Crippen molar-refractivity contribution in [2.45, 2.75) is 70.4 Å². The fraction of sp³-hybridized carbons (Fsp3) is 0.636. The van der Waals surface area contributed by atoms with Crippen LogP contribution in [0, 0.1) is 0 Å². The predicted molar refractivity (Wildman–Crippen MR) is 113 cm³/mol. The Labute approximate surface area is 185 Å². The number of methoxy groups -OCH3 is 1. The number of ether oxygens (including phenoxy) is 4. The first kappa shape index (κ1) is 22.7. The second-order valence-electron chi connectivity index (χ2n) is 8.61. The highest BCUT2D eigenvalue weighted by Crippen LogP contribution is 2.34. The topological polar surface area (TPSA) is 74.3 Å². The lowest BCUT2D eigenvalue weighted by Gasteiger charge is -2.40. The van der Waals surface area contributed by atoms with Gasteiger partial charge in [-0.2, -0.15) is 0 Å². The van der Waals surface area contributed by atoms with Gasteiger partial charge in [-0.15, -0.1) is 0 Å². The van der Waals surface area contributed by atoms with Crippen molar-refractivity contribution in [3.63, 3.8) is 0 Å². The normalized spacial score (nSPS) is 24.3. The molecule has 1 saturated carbocycles. The lowest BCUT2D eigenvalue weighted by Crippen LogP contribution is -2.46. The average molecular weight is 482 g/mol. The number of amides is 1. The summed E-state index contributed by atoms with van der Waals surface area (Å²) in [5.41, 5.74) is 5.44. The number of halogens is 1. The monoisotopic (exact) mass is 481 g/mol. The van der Waals surface area contributed by atoms with Crippen molar-refractivity contribution in [3.8, 4) is 0 Å². The third kappa shape index (κ3) is 6.02. The van der Waals surface area contributed by atoms with Crippen molar-refractivity contribution >= 4 is 28.0 Å². The van der Waals surface area contributed by atoms with Gasteiger partial charge in [0.2, 0.25) is 0 Å². The summed E-state index contributed by atoms with van der Waals surface area (Å²) in [5, 5.41) is 0. The Morgan fingerprint density at radius 1 is 1.10 bits per heavy atom. The molecule has 0 unspecified atom stereocenters. The van der Waals surface area contributed by atoms with Crippen LogP contribution in [-0.2, 0) is 23.7 Å². The number of likely N-dealkylation sites (tertiary alicyclic amines) is 1. The van der Waals surface area contributed by atoms with Gasteiger partial charge in [-0.05, 0) is 61.4 Å². The second-order valence-corrected chi connectivity index (χ2v) is 9.47. The van der Waals surface area contributed by atoms with Crippen LogP contribution in [0.3, 0.4) is 0 Å². The first-order chi connectivity index (χ1) is 14.1. The van der Waals surface area contributed by atoms with Crippen LogP contribution in [-0.4, -0.2) is 61.1 Å². The lowest BCUT2D eigenvalue weighted by atomic mass is 9.91. The smallest absolute Gasteiger partial charge is 0.410 e. The minimum Gasteiger partial charge on any atom is -0.481 e. The molecule has 7 nitrogen and oxygen atoms in total. The molecule has 0 N–H and O–H groups in total. The van der Waals surface area contributed by atoms with Gasteiger partial charge < -0.3 is 23.8 Å². The summed E-state index contributed by atoms with van der Waals surface area (Å²) in [6, 6.07) is 0. The van der Waals surface area contributed by atoms with Crippen molar-refractivity contribution < 1.29 is 28.5 Å². The first-order valence-corrected chi connectivity index (χ1v) is 11.0. The van der Waals surface area contributed by atoms with Crippen molar-refractivity contribution in [1.29, 1.82) is 0 Å². The third-order valence-corrected chi connectivity index (χ3v) is 5.61. The minimum atomic E-state index is -0.477. The molecule has 0 radical (unpaired) electrons. The molecule has 1 aliphatic heterocycles. The van der Waals surface area contributed by atoms with Crippen molar-refractivity contribution in [2.24, 2.45) is 0 Å². The van der Waals surface area contributed by atoms with Crippen molar-refractivity contribution in [1.82, 2.24) is 4.90 Å². The van der Waals surface area contributed by atoms with E-state index in [4.69, 9.17) is 14.2 Å². The molecule has 2 aliphatic carbocycles. The second kappa shape index (κ2) is 9.44. The quantitative estimate of drug-likeness (QED) is 0.436. The summed E-state index contributed by atoms with van der Waals surface area (Å²) < 4.78 is 22.8. The van der Waals surface area contributed by atoms with Crippen LogP contribution in [0.25, 0.3) is 0 Å². The SMILES string of the molecule is COC(=O)C1=C=C=C(OC2CC(OC3CCN(C(=O)OC(C)(C)C)CC3)C2)C(Br)=C1. The highest BCUT2D eigenvalue weighted by molar-refractivity contribution is 9.12. The predicted octanol–water partition coefficient (Wildman–Crippen LogP) is 3.98. The van der Waals surface area contributed by atoms with Gasteiger partial charge in [-0.1, -0.05) is 5.73 Å². The molecule has 0 aromatic rings. The number of esters is 1.